The topological polar surface area (TPSA) is 67.8 Å². The number of fused-ring (bicyclic) bond motifs is 4. The van der Waals surface area contributed by atoms with E-state index in [1.165, 1.54) is 12.1 Å². The highest BCUT2D eigenvalue weighted by Crippen LogP contribution is 2.43. The number of ether oxygens (including phenoxy) is 2. The minimum Gasteiger partial charge on any atom is -0.497 e. The number of carbonyl (C=O) groups excluding carboxylic acids is 1. The zero-order chi connectivity index (χ0) is 22.3. The molecule has 0 bridgehead atoms. The summed E-state index contributed by atoms with van der Waals surface area (Å²) in [5.74, 6) is 0.923. The van der Waals surface area contributed by atoms with Crippen LogP contribution in [0.25, 0.3) is 5.69 Å². The average Bonchev–Trinajstić information content (AvgIpc) is 3.31. The smallest absolute Gasteiger partial charge is 0.321 e. The number of amides is 2. The summed E-state index contributed by atoms with van der Waals surface area (Å²) >= 11 is 0. The Morgan fingerprint density at radius 1 is 1.09 bits per heavy atom. The van der Waals surface area contributed by atoms with Crippen LogP contribution in [0, 0.1) is 5.82 Å². The van der Waals surface area contributed by atoms with Gasteiger partial charge in [0.15, 0.2) is 0 Å². The molecule has 0 saturated carbocycles. The molecule has 7 nitrogen and oxygen atoms in total. The molecular formula is C24H25FN4O3. The number of rotatable bonds is 3. The molecule has 1 saturated heterocycles. The van der Waals surface area contributed by atoms with E-state index in [0.29, 0.717) is 43.1 Å². The Balaban J connectivity index is 1.33. The summed E-state index contributed by atoms with van der Waals surface area (Å²) in [6, 6.07) is 14.0. The number of methoxy groups -OCH3 is 2. The van der Waals surface area contributed by atoms with Crippen molar-refractivity contribution in [3.05, 3.63) is 66.2 Å². The van der Waals surface area contributed by atoms with Gasteiger partial charge in [-0.15, -0.1) is 0 Å². The molecule has 8 heteroatoms. The lowest BCUT2D eigenvalue weighted by molar-refractivity contribution is 0.174. The number of urea groups is 1. The second kappa shape index (κ2) is 7.78. The number of hydrogen-bond donors (Lipinski definition) is 2. The van der Waals surface area contributed by atoms with E-state index < -0.39 is 0 Å². The van der Waals surface area contributed by atoms with Gasteiger partial charge in [-0.1, -0.05) is 0 Å². The van der Waals surface area contributed by atoms with Crippen LogP contribution < -0.4 is 20.1 Å². The van der Waals surface area contributed by atoms with Crippen LogP contribution in [0.4, 0.5) is 20.6 Å². The molecule has 0 aliphatic carbocycles. The molecule has 0 unspecified atom stereocenters. The molecule has 1 spiro atoms. The third-order valence-electron chi connectivity index (χ3n) is 6.39. The van der Waals surface area contributed by atoms with Gasteiger partial charge in [0.05, 0.1) is 36.8 Å². The molecule has 2 aliphatic rings. The van der Waals surface area contributed by atoms with E-state index in [9.17, 15) is 9.18 Å². The maximum Gasteiger partial charge on any atom is 0.321 e. The lowest BCUT2D eigenvalue weighted by Gasteiger charge is -2.46. The second-order valence-electron chi connectivity index (χ2n) is 8.12. The normalized spacial score (nSPS) is 16.0. The lowest BCUT2D eigenvalue weighted by atomic mass is 9.82. The van der Waals surface area contributed by atoms with Crippen molar-refractivity contribution in [2.24, 2.45) is 0 Å². The van der Waals surface area contributed by atoms with Gasteiger partial charge >= 0.3 is 6.03 Å². The van der Waals surface area contributed by atoms with Gasteiger partial charge in [-0.05, 0) is 55.3 Å². The van der Waals surface area contributed by atoms with Crippen LogP contribution in [0.2, 0.25) is 0 Å². The van der Waals surface area contributed by atoms with Crippen LogP contribution >= 0.6 is 0 Å². The third-order valence-corrected chi connectivity index (χ3v) is 6.39. The van der Waals surface area contributed by atoms with Crippen LogP contribution in [0.1, 0.15) is 18.5 Å². The Kier molecular flexibility index (Phi) is 4.92. The first-order valence-electron chi connectivity index (χ1n) is 10.6. The van der Waals surface area contributed by atoms with E-state index >= 15 is 0 Å². The van der Waals surface area contributed by atoms with Crippen molar-refractivity contribution < 1.29 is 18.7 Å². The first-order valence-corrected chi connectivity index (χ1v) is 10.6. The van der Waals surface area contributed by atoms with Crippen LogP contribution in [0.15, 0.2) is 54.7 Å². The van der Waals surface area contributed by atoms with Crippen molar-refractivity contribution >= 4 is 17.4 Å². The molecule has 0 radical (unpaired) electrons. The Bertz CT molecular complexity index is 1170. The first-order chi connectivity index (χ1) is 15.5. The van der Waals surface area contributed by atoms with E-state index in [4.69, 9.17) is 9.47 Å². The summed E-state index contributed by atoms with van der Waals surface area (Å²) in [5, 5.41) is 6.52. The fourth-order valence-electron chi connectivity index (χ4n) is 4.69. The summed E-state index contributed by atoms with van der Waals surface area (Å²) in [6.45, 7) is 1.13. The number of likely N-dealkylation sites (tertiary alicyclic amines) is 1. The number of aromatic nitrogens is 1. The Morgan fingerprint density at radius 3 is 2.66 bits per heavy atom. The van der Waals surface area contributed by atoms with Gasteiger partial charge in [0, 0.05) is 31.0 Å². The van der Waals surface area contributed by atoms with Crippen molar-refractivity contribution in [1.82, 2.24) is 9.47 Å². The van der Waals surface area contributed by atoms with E-state index in [0.717, 1.165) is 17.1 Å². The van der Waals surface area contributed by atoms with E-state index in [1.807, 2.05) is 12.3 Å². The van der Waals surface area contributed by atoms with E-state index in [1.54, 1.807) is 43.4 Å². The summed E-state index contributed by atoms with van der Waals surface area (Å²) in [7, 11) is 3.14. The van der Waals surface area contributed by atoms with Gasteiger partial charge in [-0.3, -0.25) is 0 Å². The van der Waals surface area contributed by atoms with Gasteiger partial charge in [0.2, 0.25) is 0 Å². The molecule has 5 rings (SSSR count). The maximum absolute atomic E-state index is 13.9. The standard InChI is InChI=1S/C24H25FN4O3/c1-31-17-6-7-18(21(15-17)32-2)26-23(30)28-12-9-24(10-13-28)22-4-3-11-29(22)20-8-5-16(25)14-19(20)27-24/h3-8,11,14-15,27H,9-10,12-13H2,1-2H3,(H,26,30). The predicted molar refractivity (Wildman–Crippen MR) is 120 cm³/mol. The monoisotopic (exact) mass is 436 g/mol. The van der Waals surface area contributed by atoms with Gasteiger partial charge < -0.3 is 29.6 Å². The highest BCUT2D eigenvalue weighted by molar-refractivity contribution is 5.91. The summed E-state index contributed by atoms with van der Waals surface area (Å²) < 4.78 is 26.6. The molecular weight excluding hydrogens is 411 g/mol. The highest BCUT2D eigenvalue weighted by Gasteiger charge is 2.42. The average molecular weight is 436 g/mol. The van der Waals surface area contributed by atoms with Crippen LogP contribution in [0.5, 0.6) is 11.5 Å². The second-order valence-corrected chi connectivity index (χ2v) is 8.12. The number of benzene rings is 2. The number of hydrogen-bond acceptors (Lipinski definition) is 4. The third kappa shape index (κ3) is 3.32. The zero-order valence-electron chi connectivity index (χ0n) is 18.0. The van der Waals surface area contributed by atoms with Gasteiger partial charge in [-0.25, -0.2) is 9.18 Å². The molecule has 2 N–H and O–H groups in total. The van der Waals surface area contributed by atoms with Crippen LogP contribution in [-0.2, 0) is 5.54 Å². The number of halogens is 1. The van der Waals surface area contributed by atoms with Crippen molar-refractivity contribution in [2.45, 2.75) is 18.4 Å². The highest BCUT2D eigenvalue weighted by atomic mass is 19.1. The van der Waals surface area contributed by atoms with Gasteiger partial charge in [-0.2, -0.15) is 0 Å². The van der Waals surface area contributed by atoms with Crippen molar-refractivity contribution in [1.29, 1.82) is 0 Å². The quantitative estimate of drug-likeness (QED) is 0.631. The van der Waals surface area contributed by atoms with Crippen LogP contribution in [-0.4, -0.2) is 42.8 Å². The SMILES string of the molecule is COc1ccc(NC(=O)N2CCC3(CC2)Nc2cc(F)ccc2-n2cccc23)c(OC)c1. The molecule has 1 aromatic heterocycles. The summed E-state index contributed by atoms with van der Waals surface area (Å²) in [6.07, 6.45) is 3.42. The molecule has 0 atom stereocenters. The van der Waals surface area contributed by atoms with Crippen molar-refractivity contribution in [2.75, 3.05) is 37.9 Å². The van der Waals surface area contributed by atoms with Crippen molar-refractivity contribution in [3.8, 4) is 17.2 Å². The molecule has 1 fully saturated rings. The molecule has 3 aromatic rings. The molecule has 32 heavy (non-hydrogen) atoms. The molecule has 2 amide bonds. The van der Waals surface area contributed by atoms with Gasteiger partial charge in [0.25, 0.3) is 0 Å². The Hall–Kier alpha value is -3.68. The largest absolute Gasteiger partial charge is 0.497 e. The fourth-order valence-corrected chi connectivity index (χ4v) is 4.69. The molecule has 2 aromatic carbocycles. The molecule has 3 heterocycles. The van der Waals surface area contributed by atoms with Crippen LogP contribution in [0.3, 0.4) is 0 Å². The molecule has 166 valence electrons. The van der Waals surface area contributed by atoms with E-state index in [2.05, 4.69) is 21.3 Å². The summed E-state index contributed by atoms with van der Waals surface area (Å²) in [5.41, 5.74) is 3.08. The van der Waals surface area contributed by atoms with E-state index in [-0.39, 0.29) is 17.4 Å². The number of piperidine rings is 1. The van der Waals surface area contributed by atoms with Crippen molar-refractivity contribution in [3.63, 3.8) is 0 Å². The fraction of sp³-hybridized carbons (Fsp3) is 0.292. The first kappa shape index (κ1) is 20.2. The number of carbonyl (C=O) groups is 1. The number of anilines is 2. The predicted octanol–water partition coefficient (Wildman–Crippen LogP) is 4.58. The Morgan fingerprint density at radius 2 is 1.91 bits per heavy atom. The minimum atomic E-state index is -0.348. The molecule has 2 aliphatic heterocycles. The zero-order valence-corrected chi connectivity index (χ0v) is 18.0. The minimum absolute atomic E-state index is 0.180. The lowest BCUT2D eigenvalue weighted by Crippen LogP contribution is -2.51. The summed E-state index contributed by atoms with van der Waals surface area (Å²) in [4.78, 5) is 14.7. The number of nitrogens with one attached hydrogen (secondary N) is 2. The number of nitrogens with zero attached hydrogens (tertiary/aromatic N) is 2. The van der Waals surface area contributed by atoms with Gasteiger partial charge in [0.1, 0.15) is 17.3 Å². The maximum atomic E-state index is 13.9. The Labute approximate surface area is 185 Å².